The highest BCUT2D eigenvalue weighted by Gasteiger charge is 2.23. The molecular weight excluding hydrogens is 349 g/mol. The Morgan fingerprint density at radius 1 is 1.33 bits per heavy atom. The van der Waals surface area contributed by atoms with Crippen LogP contribution in [-0.2, 0) is 11.3 Å². The van der Waals surface area contributed by atoms with Gasteiger partial charge in [0.2, 0.25) is 5.91 Å². The number of amides is 1. The van der Waals surface area contributed by atoms with Crippen LogP contribution in [0.1, 0.15) is 32.6 Å². The summed E-state index contributed by atoms with van der Waals surface area (Å²) in [6, 6.07) is 3.24. The van der Waals surface area contributed by atoms with E-state index in [1.165, 1.54) is 23.4 Å². The molecule has 1 N–H and O–H groups in total. The largest absolute Gasteiger partial charge is 0.352 e. The van der Waals surface area contributed by atoms with Gasteiger partial charge >= 0.3 is 0 Å². The monoisotopic (exact) mass is 367 g/mol. The fourth-order valence-electron chi connectivity index (χ4n) is 3.25. The lowest BCUT2D eigenvalue weighted by Crippen LogP contribution is -2.43. The number of halogens is 2. The minimum atomic E-state index is -0.323. The number of carbonyl (C=O) groups excluding carboxylic acids is 1. The molecule has 1 aliphatic carbocycles. The van der Waals surface area contributed by atoms with Crippen molar-refractivity contribution in [3.05, 3.63) is 38.9 Å². The van der Waals surface area contributed by atoms with Gasteiger partial charge in [-0.05, 0) is 30.9 Å². The third-order valence-electron chi connectivity index (χ3n) is 4.62. The van der Waals surface area contributed by atoms with E-state index in [1.54, 1.807) is 6.07 Å². The molecule has 0 saturated heterocycles. The smallest absolute Gasteiger partial charge is 0.261 e. The van der Waals surface area contributed by atoms with Gasteiger partial charge < -0.3 is 5.32 Å². The van der Waals surface area contributed by atoms with Gasteiger partial charge in [-0.25, -0.2) is 4.98 Å². The van der Waals surface area contributed by atoms with E-state index in [-0.39, 0.29) is 24.1 Å². The van der Waals surface area contributed by atoms with Crippen LogP contribution in [-0.4, -0.2) is 21.5 Å². The highest BCUT2D eigenvalue weighted by atomic mass is 35.5. The number of nitrogens with one attached hydrogen (secondary N) is 1. The zero-order valence-electron chi connectivity index (χ0n) is 13.4. The number of carbonyl (C=O) groups is 1. The van der Waals surface area contributed by atoms with Crippen molar-refractivity contribution >= 4 is 40.0 Å². The lowest BCUT2D eigenvalue weighted by Gasteiger charge is -2.29. The summed E-state index contributed by atoms with van der Waals surface area (Å²) in [6.07, 6.45) is 5.81. The lowest BCUT2D eigenvalue weighted by molar-refractivity contribution is -0.123. The van der Waals surface area contributed by atoms with E-state index in [1.807, 2.05) is 0 Å². The van der Waals surface area contributed by atoms with Crippen LogP contribution < -0.4 is 10.9 Å². The Hall–Kier alpha value is -1.59. The lowest BCUT2D eigenvalue weighted by atomic mass is 9.86. The van der Waals surface area contributed by atoms with Crippen molar-refractivity contribution in [2.24, 2.45) is 5.92 Å². The Balaban J connectivity index is 1.81. The fraction of sp³-hybridized carbons (Fsp3) is 0.471. The Bertz CT molecular complexity index is 834. The van der Waals surface area contributed by atoms with Crippen LogP contribution in [0.2, 0.25) is 10.0 Å². The molecule has 1 aliphatic rings. The van der Waals surface area contributed by atoms with E-state index < -0.39 is 0 Å². The standard InChI is InChI=1S/C17H19Cl2N3O2/c1-10-4-2-3-5-14(10)21-15(23)8-22-9-20-16-12(17(22)24)6-11(18)7-13(16)19/h6-7,9-10,14H,2-5,8H2,1H3,(H,21,23)/t10-,14+/m1/s1. The number of rotatable bonds is 3. The average Bonchev–Trinajstić information content (AvgIpc) is 2.53. The van der Waals surface area contributed by atoms with Crippen LogP contribution in [0, 0.1) is 5.92 Å². The van der Waals surface area contributed by atoms with Gasteiger partial charge in [-0.2, -0.15) is 0 Å². The number of hydrogen-bond donors (Lipinski definition) is 1. The maximum absolute atomic E-state index is 12.6. The minimum absolute atomic E-state index is 0.0604. The maximum Gasteiger partial charge on any atom is 0.261 e. The van der Waals surface area contributed by atoms with E-state index in [9.17, 15) is 9.59 Å². The second-order valence-corrected chi connectivity index (χ2v) is 7.24. The summed E-state index contributed by atoms with van der Waals surface area (Å²) in [5.41, 5.74) is 0.0693. The first-order chi connectivity index (χ1) is 11.5. The molecule has 5 nitrogen and oxygen atoms in total. The average molecular weight is 368 g/mol. The summed E-state index contributed by atoms with van der Waals surface area (Å²) >= 11 is 12.0. The number of nitrogens with zero attached hydrogens (tertiary/aromatic N) is 2. The molecule has 0 radical (unpaired) electrons. The Morgan fingerprint density at radius 3 is 2.83 bits per heavy atom. The first kappa shape index (κ1) is 17.2. The predicted molar refractivity (Wildman–Crippen MR) is 95.6 cm³/mol. The molecule has 0 aliphatic heterocycles. The van der Waals surface area contributed by atoms with E-state index >= 15 is 0 Å². The molecule has 0 spiro atoms. The van der Waals surface area contributed by atoms with Crippen molar-refractivity contribution < 1.29 is 4.79 Å². The molecule has 24 heavy (non-hydrogen) atoms. The first-order valence-electron chi connectivity index (χ1n) is 8.09. The normalized spacial score (nSPS) is 21.0. The van der Waals surface area contributed by atoms with Crippen molar-refractivity contribution in [2.75, 3.05) is 0 Å². The summed E-state index contributed by atoms with van der Waals surface area (Å²) in [5.74, 6) is 0.289. The topological polar surface area (TPSA) is 64.0 Å². The summed E-state index contributed by atoms with van der Waals surface area (Å²) in [5, 5.41) is 4.04. The molecule has 2 atom stereocenters. The molecular formula is C17H19Cl2N3O2. The van der Waals surface area contributed by atoms with Crippen LogP contribution >= 0.6 is 23.2 Å². The molecule has 1 saturated carbocycles. The summed E-state index contributed by atoms with van der Waals surface area (Å²) < 4.78 is 1.29. The van der Waals surface area contributed by atoms with Gasteiger partial charge in [0.05, 0.1) is 22.3 Å². The van der Waals surface area contributed by atoms with Crippen molar-refractivity contribution in [3.63, 3.8) is 0 Å². The van der Waals surface area contributed by atoms with Gasteiger partial charge in [-0.1, -0.05) is 43.0 Å². The molecule has 7 heteroatoms. The van der Waals surface area contributed by atoms with E-state index in [0.29, 0.717) is 26.9 Å². The van der Waals surface area contributed by atoms with Crippen molar-refractivity contribution in [1.29, 1.82) is 0 Å². The van der Waals surface area contributed by atoms with Crippen LogP contribution in [0.4, 0.5) is 0 Å². The van der Waals surface area contributed by atoms with Crippen LogP contribution in [0.25, 0.3) is 10.9 Å². The number of hydrogen-bond acceptors (Lipinski definition) is 3. The molecule has 3 rings (SSSR count). The van der Waals surface area contributed by atoms with Gasteiger partial charge in [0.1, 0.15) is 6.54 Å². The SMILES string of the molecule is C[C@@H]1CCCC[C@@H]1NC(=O)Cn1cnc2c(Cl)cc(Cl)cc2c1=O. The zero-order valence-corrected chi connectivity index (χ0v) is 14.9. The summed E-state index contributed by atoms with van der Waals surface area (Å²) in [6.45, 7) is 2.09. The highest BCUT2D eigenvalue weighted by Crippen LogP contribution is 2.24. The molecule has 1 aromatic heterocycles. The van der Waals surface area contributed by atoms with Crippen LogP contribution in [0.15, 0.2) is 23.3 Å². The Kier molecular flexibility index (Phi) is 5.11. The number of benzene rings is 1. The van der Waals surface area contributed by atoms with Crippen molar-refractivity contribution in [3.8, 4) is 0 Å². The number of fused-ring (bicyclic) bond motifs is 1. The van der Waals surface area contributed by atoms with Gasteiger partial charge in [-0.3, -0.25) is 14.2 Å². The third kappa shape index (κ3) is 3.57. The minimum Gasteiger partial charge on any atom is -0.352 e. The van der Waals surface area contributed by atoms with E-state index in [4.69, 9.17) is 23.2 Å². The van der Waals surface area contributed by atoms with E-state index in [2.05, 4.69) is 17.2 Å². The van der Waals surface area contributed by atoms with Crippen LogP contribution in [0.3, 0.4) is 0 Å². The van der Waals surface area contributed by atoms with Crippen molar-refractivity contribution in [1.82, 2.24) is 14.9 Å². The van der Waals surface area contributed by atoms with Crippen molar-refractivity contribution in [2.45, 2.75) is 45.2 Å². The molecule has 1 aromatic carbocycles. The molecule has 1 amide bonds. The summed E-state index contributed by atoms with van der Waals surface area (Å²) in [4.78, 5) is 29.0. The summed E-state index contributed by atoms with van der Waals surface area (Å²) in [7, 11) is 0. The molecule has 0 bridgehead atoms. The molecule has 0 unspecified atom stereocenters. The van der Waals surface area contributed by atoms with Gasteiger partial charge in [-0.15, -0.1) is 0 Å². The van der Waals surface area contributed by atoms with Gasteiger partial charge in [0, 0.05) is 11.1 Å². The predicted octanol–water partition coefficient (Wildman–Crippen LogP) is 3.40. The quantitative estimate of drug-likeness (QED) is 0.903. The molecule has 2 aromatic rings. The Morgan fingerprint density at radius 2 is 2.08 bits per heavy atom. The zero-order chi connectivity index (χ0) is 17.3. The highest BCUT2D eigenvalue weighted by molar-refractivity contribution is 6.38. The van der Waals surface area contributed by atoms with Crippen LogP contribution in [0.5, 0.6) is 0 Å². The number of aromatic nitrogens is 2. The van der Waals surface area contributed by atoms with Gasteiger partial charge in [0.25, 0.3) is 5.56 Å². The fourth-order valence-corrected chi connectivity index (χ4v) is 3.79. The molecule has 1 heterocycles. The molecule has 1 fully saturated rings. The Labute approximate surface area is 150 Å². The maximum atomic E-state index is 12.6. The third-order valence-corrected chi connectivity index (χ3v) is 5.12. The molecule has 128 valence electrons. The van der Waals surface area contributed by atoms with E-state index in [0.717, 1.165) is 19.3 Å². The first-order valence-corrected chi connectivity index (χ1v) is 8.85. The second-order valence-electron chi connectivity index (χ2n) is 6.40. The second kappa shape index (κ2) is 7.11. The van der Waals surface area contributed by atoms with Gasteiger partial charge in [0.15, 0.2) is 0 Å².